The fourth-order valence-corrected chi connectivity index (χ4v) is 6.38. The number of anilines is 3. The number of benzene rings is 1. The van der Waals surface area contributed by atoms with Gasteiger partial charge in [0.1, 0.15) is 17.5 Å². The molecule has 1 aromatic carbocycles. The fourth-order valence-electron chi connectivity index (χ4n) is 6.38. The number of rotatable bonds is 10. The average Bonchev–Trinajstić information content (AvgIpc) is 3.67. The summed E-state index contributed by atoms with van der Waals surface area (Å²) in [5, 5.41) is 21.3. The lowest BCUT2D eigenvalue weighted by Crippen LogP contribution is -2.51. The van der Waals surface area contributed by atoms with Crippen molar-refractivity contribution in [2.45, 2.75) is 37.3 Å². The van der Waals surface area contributed by atoms with Crippen molar-refractivity contribution < 1.29 is 18.8 Å². The standard InChI is InChI=1S/C32H33FN8O3/c1-2-12-41-18-25-22(30(41)43)7-8-27(36-25)37-28-16-24(35-26(19-42)20-3-5-21(33)6-4-20)23(17-34-28)29-38-31(39-44-29)32-9-13-40(14-10-32)15-11-32/h2-8,16-17,26,42H,1,9-15,18-19H2,(H2,34,35,36,37)/t26-/m1/s1. The normalized spacial score (nSPS) is 21.3. The summed E-state index contributed by atoms with van der Waals surface area (Å²) in [5.74, 6) is 1.63. The summed E-state index contributed by atoms with van der Waals surface area (Å²) in [6, 6.07) is 10.7. The number of hydrogen-bond donors (Lipinski definition) is 3. The highest BCUT2D eigenvalue weighted by Crippen LogP contribution is 2.42. The molecule has 0 saturated carbocycles. The SMILES string of the molecule is C=CCN1Cc2nc(Nc3cc(N[C@H](CO)c4ccc(F)cc4)c(-c4nc(C56CCN(CC5)CC6)no4)cn3)ccc2C1=O. The minimum Gasteiger partial charge on any atom is -0.394 e. The zero-order chi connectivity index (χ0) is 30.3. The van der Waals surface area contributed by atoms with E-state index in [9.17, 15) is 14.3 Å². The van der Waals surface area contributed by atoms with Gasteiger partial charge in [0.05, 0.1) is 41.7 Å². The van der Waals surface area contributed by atoms with E-state index in [2.05, 4.69) is 37.2 Å². The van der Waals surface area contributed by atoms with E-state index in [0.717, 1.165) is 44.7 Å². The zero-order valence-electron chi connectivity index (χ0n) is 24.2. The van der Waals surface area contributed by atoms with E-state index in [1.807, 2.05) is 0 Å². The second kappa shape index (κ2) is 11.4. The Balaban J connectivity index is 1.21. The first kappa shape index (κ1) is 28.1. The number of halogens is 1. The molecule has 11 nitrogen and oxygen atoms in total. The predicted octanol–water partition coefficient (Wildman–Crippen LogP) is 4.43. The molecule has 3 N–H and O–H groups in total. The van der Waals surface area contributed by atoms with Gasteiger partial charge in [-0.15, -0.1) is 6.58 Å². The van der Waals surface area contributed by atoms with Crippen molar-refractivity contribution in [3.8, 4) is 11.5 Å². The molecule has 3 saturated heterocycles. The molecule has 0 spiro atoms. The van der Waals surface area contributed by atoms with E-state index in [1.54, 1.807) is 47.5 Å². The number of aromatic nitrogens is 4. The molecule has 3 fully saturated rings. The number of aliphatic hydroxyl groups is 1. The van der Waals surface area contributed by atoms with E-state index in [0.29, 0.717) is 58.7 Å². The van der Waals surface area contributed by atoms with Crippen LogP contribution in [0.4, 0.5) is 21.7 Å². The maximum absolute atomic E-state index is 13.6. The number of piperidine rings is 3. The molecule has 4 aliphatic rings. The predicted molar refractivity (Wildman–Crippen MR) is 162 cm³/mol. The van der Waals surface area contributed by atoms with Crippen molar-refractivity contribution in [3.05, 3.63) is 89.8 Å². The summed E-state index contributed by atoms with van der Waals surface area (Å²) in [6.07, 6.45) is 6.34. The first-order valence-corrected chi connectivity index (χ1v) is 14.8. The van der Waals surface area contributed by atoms with Gasteiger partial charge in [-0.3, -0.25) is 4.79 Å². The molecular weight excluding hydrogens is 563 g/mol. The molecule has 4 aromatic rings. The molecular formula is C32H33FN8O3. The molecule has 1 atom stereocenters. The summed E-state index contributed by atoms with van der Waals surface area (Å²) >= 11 is 0. The maximum Gasteiger partial charge on any atom is 0.261 e. The quantitative estimate of drug-likeness (QED) is 0.226. The molecule has 12 heteroatoms. The number of fused-ring (bicyclic) bond motifs is 4. The Morgan fingerprint density at radius 3 is 2.57 bits per heavy atom. The van der Waals surface area contributed by atoms with Gasteiger partial charge in [0.15, 0.2) is 5.82 Å². The molecule has 8 rings (SSSR count). The van der Waals surface area contributed by atoms with Gasteiger partial charge < -0.3 is 30.1 Å². The molecule has 4 aliphatic heterocycles. The Morgan fingerprint density at radius 1 is 1.07 bits per heavy atom. The summed E-state index contributed by atoms with van der Waals surface area (Å²) in [6.45, 7) is 7.44. The monoisotopic (exact) mass is 596 g/mol. The first-order chi connectivity index (χ1) is 21.4. The van der Waals surface area contributed by atoms with Crippen LogP contribution in [0.25, 0.3) is 11.5 Å². The van der Waals surface area contributed by atoms with Crippen LogP contribution >= 0.6 is 0 Å². The van der Waals surface area contributed by atoms with Crippen LogP contribution in [0.1, 0.15) is 52.7 Å². The largest absolute Gasteiger partial charge is 0.394 e. The molecule has 0 unspecified atom stereocenters. The molecule has 2 bridgehead atoms. The van der Waals surface area contributed by atoms with Crippen LogP contribution < -0.4 is 10.6 Å². The van der Waals surface area contributed by atoms with Gasteiger partial charge in [-0.05, 0) is 68.7 Å². The number of nitrogens with zero attached hydrogens (tertiary/aromatic N) is 6. The molecule has 7 heterocycles. The fraction of sp³-hybridized carbons (Fsp3) is 0.344. The number of amides is 1. The van der Waals surface area contributed by atoms with Gasteiger partial charge in [0, 0.05) is 24.2 Å². The van der Waals surface area contributed by atoms with E-state index in [-0.39, 0.29) is 23.7 Å². The van der Waals surface area contributed by atoms with Gasteiger partial charge in [-0.2, -0.15) is 4.98 Å². The Hall–Kier alpha value is -4.68. The number of carbonyl (C=O) groups excluding carboxylic acids is 1. The Bertz CT molecular complexity index is 1690. The summed E-state index contributed by atoms with van der Waals surface area (Å²) in [4.78, 5) is 30.9. The third-order valence-electron chi connectivity index (χ3n) is 8.98. The molecule has 1 amide bonds. The lowest BCUT2D eigenvalue weighted by Gasteiger charge is -2.46. The summed E-state index contributed by atoms with van der Waals surface area (Å²) in [5.41, 5.74) is 3.04. The van der Waals surface area contributed by atoms with Gasteiger partial charge in [0.25, 0.3) is 11.8 Å². The first-order valence-electron chi connectivity index (χ1n) is 14.8. The highest BCUT2D eigenvalue weighted by atomic mass is 19.1. The zero-order valence-corrected chi connectivity index (χ0v) is 24.2. The average molecular weight is 597 g/mol. The van der Waals surface area contributed by atoms with Gasteiger partial charge in [0.2, 0.25) is 0 Å². The number of nitrogens with one attached hydrogen (secondary N) is 2. The van der Waals surface area contributed by atoms with Crippen molar-refractivity contribution in [1.29, 1.82) is 0 Å². The Labute approximate surface area is 253 Å². The van der Waals surface area contributed by atoms with Crippen LogP contribution in [-0.2, 0) is 12.0 Å². The van der Waals surface area contributed by atoms with E-state index in [1.165, 1.54) is 12.1 Å². The summed E-state index contributed by atoms with van der Waals surface area (Å²) < 4.78 is 19.5. The van der Waals surface area contributed by atoms with Crippen LogP contribution in [0, 0.1) is 5.82 Å². The third kappa shape index (κ3) is 5.20. The van der Waals surface area contributed by atoms with Crippen molar-refractivity contribution in [1.82, 2.24) is 29.9 Å². The van der Waals surface area contributed by atoms with Crippen LogP contribution in [0.5, 0.6) is 0 Å². The molecule has 226 valence electrons. The van der Waals surface area contributed by atoms with Gasteiger partial charge >= 0.3 is 0 Å². The summed E-state index contributed by atoms with van der Waals surface area (Å²) in [7, 11) is 0. The minimum absolute atomic E-state index is 0.0685. The molecule has 0 aliphatic carbocycles. The topological polar surface area (TPSA) is 133 Å². The van der Waals surface area contributed by atoms with Gasteiger partial charge in [-0.25, -0.2) is 14.4 Å². The number of aliphatic hydroxyl groups excluding tert-OH is 1. The van der Waals surface area contributed by atoms with Crippen LogP contribution in [0.15, 0.2) is 65.8 Å². The maximum atomic E-state index is 13.6. The number of hydrogen-bond acceptors (Lipinski definition) is 10. The minimum atomic E-state index is -0.548. The molecule has 3 aromatic heterocycles. The number of pyridine rings is 2. The second-order valence-electron chi connectivity index (χ2n) is 11.6. The number of carbonyl (C=O) groups is 1. The lowest BCUT2D eigenvalue weighted by atomic mass is 9.71. The van der Waals surface area contributed by atoms with E-state index < -0.39 is 6.04 Å². The Kier molecular flexibility index (Phi) is 7.31. The van der Waals surface area contributed by atoms with Crippen molar-refractivity contribution in [2.75, 3.05) is 43.4 Å². The van der Waals surface area contributed by atoms with Crippen molar-refractivity contribution >= 4 is 23.2 Å². The highest BCUT2D eigenvalue weighted by Gasteiger charge is 2.44. The van der Waals surface area contributed by atoms with E-state index in [4.69, 9.17) is 9.51 Å². The third-order valence-corrected chi connectivity index (χ3v) is 8.98. The van der Waals surface area contributed by atoms with Crippen LogP contribution in [0.3, 0.4) is 0 Å². The molecule has 44 heavy (non-hydrogen) atoms. The second-order valence-corrected chi connectivity index (χ2v) is 11.6. The van der Waals surface area contributed by atoms with Crippen molar-refractivity contribution in [2.24, 2.45) is 0 Å². The van der Waals surface area contributed by atoms with E-state index >= 15 is 0 Å². The molecule has 0 radical (unpaired) electrons. The lowest BCUT2D eigenvalue weighted by molar-refractivity contribution is 0.0747. The van der Waals surface area contributed by atoms with Crippen molar-refractivity contribution in [3.63, 3.8) is 0 Å². The van der Waals surface area contributed by atoms with Crippen LogP contribution in [0.2, 0.25) is 0 Å². The Morgan fingerprint density at radius 2 is 1.84 bits per heavy atom. The smallest absolute Gasteiger partial charge is 0.261 e. The van der Waals surface area contributed by atoms with Crippen LogP contribution in [-0.4, -0.2) is 73.7 Å². The highest BCUT2D eigenvalue weighted by molar-refractivity contribution is 5.98. The van der Waals surface area contributed by atoms with Gasteiger partial charge in [-0.1, -0.05) is 23.4 Å².